The molecule has 0 atom stereocenters. The van der Waals surface area contributed by atoms with E-state index < -0.39 is 11.4 Å². The van der Waals surface area contributed by atoms with Gasteiger partial charge in [-0.1, -0.05) is 15.9 Å². The quantitative estimate of drug-likeness (QED) is 0.795. The Bertz CT molecular complexity index is 439. The van der Waals surface area contributed by atoms with Crippen molar-refractivity contribution in [3.63, 3.8) is 0 Å². The van der Waals surface area contributed by atoms with Gasteiger partial charge in [-0.15, -0.1) is 0 Å². The highest BCUT2D eigenvalue weighted by atomic mass is 79.9. The molecule has 4 heteroatoms. The number of benzene rings is 1. The Hall–Kier alpha value is -0.740. The number of rotatable bonds is 3. The van der Waals surface area contributed by atoms with Crippen LogP contribution < -0.4 is 0 Å². The van der Waals surface area contributed by atoms with Crippen molar-refractivity contribution in [2.24, 2.45) is 0 Å². The van der Waals surface area contributed by atoms with Gasteiger partial charge in [0.1, 0.15) is 11.4 Å². The van der Waals surface area contributed by atoms with Crippen LogP contribution in [0.15, 0.2) is 22.7 Å². The molecule has 1 aliphatic rings. The van der Waals surface area contributed by atoms with Gasteiger partial charge >= 0.3 is 0 Å². The second kappa shape index (κ2) is 4.86. The first-order valence-electron chi connectivity index (χ1n) is 5.64. The molecule has 17 heavy (non-hydrogen) atoms. The lowest BCUT2D eigenvalue weighted by Gasteiger charge is -2.25. The molecular weight excluding hydrogens is 287 g/mol. The average molecular weight is 301 g/mol. The van der Waals surface area contributed by atoms with Crippen molar-refractivity contribution in [1.82, 2.24) is 0 Å². The number of methoxy groups -OCH3 is 1. The smallest absolute Gasteiger partial charge is 0.197 e. The Morgan fingerprint density at radius 3 is 2.65 bits per heavy atom. The van der Waals surface area contributed by atoms with E-state index in [1.165, 1.54) is 19.2 Å². The number of Topliss-reactive ketones (excluding diaryl/α,β-unsaturated/α-hetero) is 1. The van der Waals surface area contributed by atoms with E-state index in [4.69, 9.17) is 4.74 Å². The molecule has 0 bridgehead atoms. The minimum atomic E-state index is -0.818. The molecule has 1 aromatic rings. The third kappa shape index (κ3) is 2.29. The topological polar surface area (TPSA) is 26.3 Å². The van der Waals surface area contributed by atoms with Crippen LogP contribution in [0.1, 0.15) is 36.0 Å². The SMILES string of the molecule is COC1(C(=O)c2cc(Br)ccc2F)CCCC1. The molecule has 2 rings (SSSR count). The maximum absolute atomic E-state index is 13.7. The van der Waals surface area contributed by atoms with Crippen LogP contribution in [0.3, 0.4) is 0 Å². The first kappa shape index (κ1) is 12.7. The summed E-state index contributed by atoms with van der Waals surface area (Å²) in [6.45, 7) is 0. The molecule has 0 aromatic heterocycles. The van der Waals surface area contributed by atoms with Crippen LogP contribution >= 0.6 is 15.9 Å². The van der Waals surface area contributed by atoms with Gasteiger partial charge in [-0.3, -0.25) is 4.79 Å². The van der Waals surface area contributed by atoms with E-state index in [9.17, 15) is 9.18 Å². The van der Waals surface area contributed by atoms with Gasteiger partial charge in [0.2, 0.25) is 0 Å². The molecule has 0 heterocycles. The fourth-order valence-electron chi connectivity index (χ4n) is 2.39. The molecule has 1 saturated carbocycles. The Labute approximate surface area is 108 Å². The Morgan fingerprint density at radius 1 is 1.41 bits per heavy atom. The molecule has 1 fully saturated rings. The van der Waals surface area contributed by atoms with E-state index in [2.05, 4.69) is 15.9 Å². The predicted molar refractivity (Wildman–Crippen MR) is 66.6 cm³/mol. The lowest BCUT2D eigenvalue weighted by atomic mass is 9.91. The summed E-state index contributed by atoms with van der Waals surface area (Å²) in [6, 6.07) is 4.41. The van der Waals surface area contributed by atoms with Gasteiger partial charge < -0.3 is 4.74 Å². The van der Waals surface area contributed by atoms with E-state index in [0.29, 0.717) is 17.3 Å². The van der Waals surface area contributed by atoms with Gasteiger partial charge in [0.05, 0.1) is 5.56 Å². The van der Waals surface area contributed by atoms with E-state index >= 15 is 0 Å². The maximum atomic E-state index is 13.7. The van der Waals surface area contributed by atoms with E-state index in [-0.39, 0.29) is 11.3 Å². The summed E-state index contributed by atoms with van der Waals surface area (Å²) in [7, 11) is 1.53. The van der Waals surface area contributed by atoms with Crippen LogP contribution in [0.25, 0.3) is 0 Å². The summed E-state index contributed by atoms with van der Waals surface area (Å²) in [5.74, 6) is -0.724. The highest BCUT2D eigenvalue weighted by molar-refractivity contribution is 9.10. The first-order valence-corrected chi connectivity index (χ1v) is 6.43. The van der Waals surface area contributed by atoms with Crippen LogP contribution in [0.4, 0.5) is 4.39 Å². The third-order valence-electron chi connectivity index (χ3n) is 3.39. The zero-order valence-electron chi connectivity index (χ0n) is 9.63. The number of carbonyl (C=O) groups excluding carboxylic acids is 1. The van der Waals surface area contributed by atoms with Gasteiger partial charge in [0.25, 0.3) is 0 Å². The fraction of sp³-hybridized carbons (Fsp3) is 0.462. The van der Waals surface area contributed by atoms with Crippen molar-refractivity contribution in [3.8, 4) is 0 Å². The maximum Gasteiger partial charge on any atom is 0.197 e. The monoisotopic (exact) mass is 300 g/mol. The highest BCUT2D eigenvalue weighted by Gasteiger charge is 2.42. The van der Waals surface area contributed by atoms with Crippen LogP contribution in [-0.4, -0.2) is 18.5 Å². The summed E-state index contributed by atoms with van der Waals surface area (Å²) in [5, 5.41) is 0. The van der Waals surface area contributed by atoms with Crippen molar-refractivity contribution >= 4 is 21.7 Å². The highest BCUT2D eigenvalue weighted by Crippen LogP contribution is 2.36. The van der Waals surface area contributed by atoms with Gasteiger partial charge in [0, 0.05) is 11.6 Å². The minimum Gasteiger partial charge on any atom is -0.370 e. The number of halogens is 2. The van der Waals surface area contributed by atoms with Crippen molar-refractivity contribution in [2.45, 2.75) is 31.3 Å². The largest absolute Gasteiger partial charge is 0.370 e. The summed E-state index contributed by atoms with van der Waals surface area (Å²) < 4.78 is 19.8. The van der Waals surface area contributed by atoms with Crippen LogP contribution in [-0.2, 0) is 4.74 Å². The summed E-state index contributed by atoms with van der Waals surface area (Å²) >= 11 is 3.25. The molecule has 92 valence electrons. The number of hydrogen-bond acceptors (Lipinski definition) is 2. The molecule has 1 aromatic carbocycles. The van der Waals surface area contributed by atoms with E-state index in [0.717, 1.165) is 12.8 Å². The van der Waals surface area contributed by atoms with Gasteiger partial charge in [-0.25, -0.2) is 4.39 Å². The predicted octanol–water partition coefficient (Wildman–Crippen LogP) is 3.73. The zero-order valence-corrected chi connectivity index (χ0v) is 11.2. The van der Waals surface area contributed by atoms with Crippen molar-refractivity contribution in [1.29, 1.82) is 0 Å². The third-order valence-corrected chi connectivity index (χ3v) is 3.88. The van der Waals surface area contributed by atoms with Crippen molar-refractivity contribution < 1.29 is 13.9 Å². The van der Waals surface area contributed by atoms with Crippen molar-refractivity contribution in [3.05, 3.63) is 34.1 Å². The average Bonchev–Trinajstić information content (AvgIpc) is 2.81. The molecular formula is C13H14BrFO2. The van der Waals surface area contributed by atoms with Gasteiger partial charge in [-0.05, 0) is 43.9 Å². The van der Waals surface area contributed by atoms with E-state index in [1.54, 1.807) is 6.07 Å². The Kier molecular flexibility index (Phi) is 3.64. The lowest BCUT2D eigenvalue weighted by Crippen LogP contribution is -2.38. The molecule has 0 amide bonds. The number of hydrogen-bond donors (Lipinski definition) is 0. The van der Waals surface area contributed by atoms with Crippen LogP contribution in [0.2, 0.25) is 0 Å². The van der Waals surface area contributed by atoms with Crippen LogP contribution in [0.5, 0.6) is 0 Å². The number of ketones is 1. The molecule has 0 radical (unpaired) electrons. The standard InChI is InChI=1S/C13H14BrFO2/c1-17-13(6-2-3-7-13)12(16)10-8-9(14)4-5-11(10)15/h4-5,8H,2-3,6-7H2,1H3. The molecule has 0 unspecified atom stereocenters. The Morgan fingerprint density at radius 2 is 2.06 bits per heavy atom. The van der Waals surface area contributed by atoms with Crippen molar-refractivity contribution in [2.75, 3.05) is 7.11 Å². The second-order valence-electron chi connectivity index (χ2n) is 4.36. The summed E-state index contributed by atoms with van der Waals surface area (Å²) in [6.07, 6.45) is 3.26. The molecule has 0 N–H and O–H groups in total. The molecule has 0 saturated heterocycles. The lowest BCUT2D eigenvalue weighted by molar-refractivity contribution is 0.00568. The number of ether oxygens (including phenoxy) is 1. The normalized spacial score (nSPS) is 18.3. The second-order valence-corrected chi connectivity index (χ2v) is 5.27. The summed E-state index contributed by atoms with van der Waals surface area (Å²) in [4.78, 5) is 12.4. The summed E-state index contributed by atoms with van der Waals surface area (Å²) in [5.41, 5.74) is -0.704. The van der Waals surface area contributed by atoms with E-state index in [1.807, 2.05) is 0 Å². The first-order chi connectivity index (χ1) is 8.09. The molecule has 2 nitrogen and oxygen atoms in total. The molecule has 0 spiro atoms. The number of carbonyl (C=O) groups is 1. The van der Waals surface area contributed by atoms with Gasteiger partial charge in [-0.2, -0.15) is 0 Å². The van der Waals surface area contributed by atoms with Gasteiger partial charge in [0.15, 0.2) is 5.78 Å². The minimum absolute atomic E-state index is 0.114. The Balaban J connectivity index is 2.39. The van der Waals surface area contributed by atoms with Crippen LogP contribution in [0, 0.1) is 5.82 Å². The zero-order chi connectivity index (χ0) is 12.5. The molecule has 1 aliphatic carbocycles. The fourth-order valence-corrected chi connectivity index (χ4v) is 2.75. The molecule has 0 aliphatic heterocycles.